The van der Waals surface area contributed by atoms with E-state index in [-0.39, 0.29) is 31.0 Å². The minimum atomic E-state index is -0.683. The van der Waals surface area contributed by atoms with Crippen LogP contribution >= 0.6 is 11.6 Å². The van der Waals surface area contributed by atoms with Gasteiger partial charge in [0.05, 0.1) is 14.2 Å². The Bertz CT molecular complexity index is 939. The van der Waals surface area contributed by atoms with Crippen LogP contribution in [0.3, 0.4) is 0 Å². The summed E-state index contributed by atoms with van der Waals surface area (Å²) in [5, 5.41) is 3.62. The molecule has 7 nitrogen and oxygen atoms in total. The minimum Gasteiger partial charge on any atom is -0.496 e. The molecule has 2 amide bonds. The topological polar surface area (TPSA) is 77.1 Å². The van der Waals surface area contributed by atoms with Crippen LogP contribution in [0, 0.1) is 0 Å². The normalized spacial score (nSPS) is 14.4. The van der Waals surface area contributed by atoms with Crippen molar-refractivity contribution in [2.75, 3.05) is 20.8 Å². The molecule has 3 rings (SSSR count). The van der Waals surface area contributed by atoms with Crippen LogP contribution in [0.25, 0.3) is 0 Å². The first-order valence-electron chi connectivity index (χ1n) is 11.1. The molecule has 0 aromatic heterocycles. The molecule has 178 valence electrons. The van der Waals surface area contributed by atoms with Crippen molar-refractivity contribution in [3.05, 3.63) is 53.1 Å². The predicted octanol–water partition coefficient (Wildman–Crippen LogP) is 4.21. The third-order valence-electron chi connectivity index (χ3n) is 5.85. The molecule has 1 atom stereocenters. The Kier molecular flexibility index (Phi) is 8.83. The van der Waals surface area contributed by atoms with Crippen molar-refractivity contribution in [1.82, 2.24) is 10.2 Å². The SMILES string of the molecule is COc1cc(OC)cc(OCC(=O)N(Cc2ccccc2Cl)[C@H](C)C(=O)NC2CCCC2)c1. The molecule has 8 heteroatoms. The first-order chi connectivity index (χ1) is 15.9. The molecule has 1 aliphatic rings. The van der Waals surface area contributed by atoms with E-state index in [1.807, 2.05) is 18.2 Å². The van der Waals surface area contributed by atoms with E-state index in [0.717, 1.165) is 31.2 Å². The molecule has 1 N–H and O–H groups in total. The van der Waals surface area contributed by atoms with Crippen LogP contribution in [0.4, 0.5) is 0 Å². The van der Waals surface area contributed by atoms with E-state index >= 15 is 0 Å². The number of nitrogens with zero attached hydrogens (tertiary/aromatic N) is 1. The first-order valence-corrected chi connectivity index (χ1v) is 11.5. The van der Waals surface area contributed by atoms with Gasteiger partial charge in [0.1, 0.15) is 23.3 Å². The highest BCUT2D eigenvalue weighted by atomic mass is 35.5. The van der Waals surface area contributed by atoms with Gasteiger partial charge in [0.15, 0.2) is 6.61 Å². The Balaban J connectivity index is 1.75. The van der Waals surface area contributed by atoms with Gasteiger partial charge in [-0.1, -0.05) is 42.6 Å². The summed E-state index contributed by atoms with van der Waals surface area (Å²) in [4.78, 5) is 27.7. The van der Waals surface area contributed by atoms with Crippen LogP contribution in [0.1, 0.15) is 38.2 Å². The number of amides is 2. The summed E-state index contributed by atoms with van der Waals surface area (Å²) < 4.78 is 16.3. The molecule has 0 aliphatic heterocycles. The van der Waals surface area contributed by atoms with E-state index < -0.39 is 6.04 Å². The zero-order valence-electron chi connectivity index (χ0n) is 19.3. The standard InChI is InChI=1S/C25H31ClN2O5/c1-17(25(30)27-19-9-5-6-10-19)28(15-18-8-4-7-11-23(18)26)24(29)16-33-22-13-20(31-2)12-21(14-22)32-3/h4,7-8,11-14,17,19H,5-6,9-10,15-16H2,1-3H3,(H,27,30)/t17-/m1/s1. The summed E-state index contributed by atoms with van der Waals surface area (Å²) in [5.74, 6) is 1.03. The third-order valence-corrected chi connectivity index (χ3v) is 6.22. The molecule has 0 heterocycles. The fraction of sp³-hybridized carbons (Fsp3) is 0.440. The lowest BCUT2D eigenvalue weighted by molar-refractivity contribution is -0.142. The zero-order chi connectivity index (χ0) is 23.8. The first kappa shape index (κ1) is 24.7. The van der Waals surface area contributed by atoms with Crippen LogP contribution in [-0.2, 0) is 16.1 Å². The fourth-order valence-corrected chi connectivity index (χ4v) is 4.07. The van der Waals surface area contributed by atoms with Crippen molar-refractivity contribution in [1.29, 1.82) is 0 Å². The van der Waals surface area contributed by atoms with Crippen molar-refractivity contribution < 1.29 is 23.8 Å². The van der Waals surface area contributed by atoms with E-state index in [1.54, 1.807) is 45.4 Å². The summed E-state index contributed by atoms with van der Waals surface area (Å²) in [6.07, 6.45) is 4.16. The average molecular weight is 475 g/mol. The van der Waals surface area contributed by atoms with Gasteiger partial charge >= 0.3 is 0 Å². The fourth-order valence-electron chi connectivity index (χ4n) is 3.88. The largest absolute Gasteiger partial charge is 0.496 e. The number of halogens is 1. The molecule has 2 aromatic carbocycles. The number of hydrogen-bond donors (Lipinski definition) is 1. The van der Waals surface area contributed by atoms with Crippen LogP contribution in [0.5, 0.6) is 17.2 Å². The number of hydrogen-bond acceptors (Lipinski definition) is 5. The summed E-state index contributed by atoms with van der Waals surface area (Å²) in [5.41, 5.74) is 0.760. The van der Waals surface area contributed by atoms with E-state index in [1.165, 1.54) is 4.90 Å². The number of carbonyl (C=O) groups excluding carboxylic acids is 2. The second-order valence-corrected chi connectivity index (χ2v) is 8.52. The van der Waals surface area contributed by atoms with Gasteiger partial charge in [0.2, 0.25) is 5.91 Å². The lowest BCUT2D eigenvalue weighted by Gasteiger charge is -2.30. The van der Waals surface area contributed by atoms with Crippen molar-refractivity contribution >= 4 is 23.4 Å². The second kappa shape index (κ2) is 11.8. The van der Waals surface area contributed by atoms with Crippen LogP contribution in [0.2, 0.25) is 5.02 Å². The maximum Gasteiger partial charge on any atom is 0.261 e. The molecule has 1 saturated carbocycles. The maximum absolute atomic E-state index is 13.2. The summed E-state index contributed by atoms with van der Waals surface area (Å²) >= 11 is 6.34. The van der Waals surface area contributed by atoms with Crippen LogP contribution < -0.4 is 19.5 Å². The molecule has 2 aromatic rings. The zero-order valence-corrected chi connectivity index (χ0v) is 20.1. The summed E-state index contributed by atoms with van der Waals surface area (Å²) in [7, 11) is 3.08. The predicted molar refractivity (Wildman–Crippen MR) is 127 cm³/mol. The van der Waals surface area contributed by atoms with Crippen molar-refractivity contribution in [3.63, 3.8) is 0 Å². The number of ether oxygens (including phenoxy) is 3. The molecule has 1 aliphatic carbocycles. The highest BCUT2D eigenvalue weighted by Crippen LogP contribution is 2.27. The minimum absolute atomic E-state index is 0.165. The smallest absolute Gasteiger partial charge is 0.261 e. The molecule has 0 radical (unpaired) electrons. The molecular formula is C25H31ClN2O5. The molecule has 33 heavy (non-hydrogen) atoms. The molecule has 0 unspecified atom stereocenters. The molecule has 1 fully saturated rings. The van der Waals surface area contributed by atoms with Crippen molar-refractivity contribution in [2.45, 2.75) is 51.2 Å². The Hall–Kier alpha value is -2.93. The van der Waals surface area contributed by atoms with Gasteiger partial charge < -0.3 is 24.4 Å². The van der Waals surface area contributed by atoms with Gasteiger partial charge in [0, 0.05) is 35.8 Å². The molecule has 0 bridgehead atoms. The molecular weight excluding hydrogens is 444 g/mol. The van der Waals surface area contributed by atoms with E-state index in [4.69, 9.17) is 25.8 Å². The van der Waals surface area contributed by atoms with E-state index in [0.29, 0.717) is 22.3 Å². The lowest BCUT2D eigenvalue weighted by atomic mass is 10.1. The van der Waals surface area contributed by atoms with Crippen molar-refractivity contribution in [3.8, 4) is 17.2 Å². The highest BCUT2D eigenvalue weighted by Gasteiger charge is 2.29. The number of benzene rings is 2. The summed E-state index contributed by atoms with van der Waals surface area (Å²) in [6.45, 7) is 1.68. The number of carbonyl (C=O) groups is 2. The van der Waals surface area contributed by atoms with Crippen LogP contribution in [0.15, 0.2) is 42.5 Å². The Labute approximate surface area is 200 Å². The summed E-state index contributed by atoms with van der Waals surface area (Å²) in [6, 6.07) is 11.8. The Morgan fingerprint density at radius 1 is 1.06 bits per heavy atom. The van der Waals surface area contributed by atoms with Gasteiger partial charge in [0.25, 0.3) is 5.91 Å². The molecule has 0 saturated heterocycles. The number of methoxy groups -OCH3 is 2. The Morgan fingerprint density at radius 3 is 2.27 bits per heavy atom. The highest BCUT2D eigenvalue weighted by molar-refractivity contribution is 6.31. The van der Waals surface area contributed by atoms with Gasteiger partial charge in [-0.25, -0.2) is 0 Å². The van der Waals surface area contributed by atoms with Crippen LogP contribution in [-0.4, -0.2) is 49.6 Å². The third kappa shape index (κ3) is 6.78. The maximum atomic E-state index is 13.2. The Morgan fingerprint density at radius 2 is 1.67 bits per heavy atom. The van der Waals surface area contributed by atoms with Gasteiger partial charge in [-0.15, -0.1) is 0 Å². The quantitative estimate of drug-likeness (QED) is 0.558. The van der Waals surface area contributed by atoms with Gasteiger partial charge in [-0.3, -0.25) is 9.59 Å². The van der Waals surface area contributed by atoms with E-state index in [9.17, 15) is 9.59 Å². The monoisotopic (exact) mass is 474 g/mol. The second-order valence-electron chi connectivity index (χ2n) is 8.12. The molecule has 0 spiro atoms. The van der Waals surface area contributed by atoms with Gasteiger partial charge in [-0.2, -0.15) is 0 Å². The number of rotatable bonds is 10. The van der Waals surface area contributed by atoms with Gasteiger partial charge in [-0.05, 0) is 31.4 Å². The van der Waals surface area contributed by atoms with E-state index in [2.05, 4.69) is 5.32 Å². The number of nitrogens with one attached hydrogen (secondary N) is 1. The average Bonchev–Trinajstić information content (AvgIpc) is 3.34. The lowest BCUT2D eigenvalue weighted by Crippen LogP contribution is -2.50. The van der Waals surface area contributed by atoms with Crippen molar-refractivity contribution in [2.24, 2.45) is 0 Å².